The maximum absolute atomic E-state index is 13.7. The van der Waals surface area contributed by atoms with Crippen molar-refractivity contribution in [3.8, 4) is 0 Å². The van der Waals surface area contributed by atoms with Gasteiger partial charge in [-0.3, -0.25) is 4.79 Å². The van der Waals surface area contributed by atoms with Crippen molar-refractivity contribution in [1.29, 1.82) is 0 Å². The van der Waals surface area contributed by atoms with E-state index in [-0.39, 0.29) is 5.92 Å². The van der Waals surface area contributed by atoms with Crippen molar-refractivity contribution in [1.82, 2.24) is 5.32 Å². The second kappa shape index (κ2) is 7.33. The van der Waals surface area contributed by atoms with Crippen LogP contribution in [0.4, 0.5) is 8.78 Å². The minimum atomic E-state index is -1.22. The molecule has 1 N–H and O–H groups in total. The Hall–Kier alpha value is -1.98. The number of carbonyl (C=O) groups is 2. The van der Waals surface area contributed by atoms with Gasteiger partial charge in [0.25, 0.3) is 5.91 Å². The highest BCUT2D eigenvalue weighted by Gasteiger charge is 2.32. The number of benzene rings is 1. The van der Waals surface area contributed by atoms with Crippen LogP contribution in [0, 0.1) is 17.6 Å². The van der Waals surface area contributed by atoms with Crippen LogP contribution in [0.2, 0.25) is 0 Å². The van der Waals surface area contributed by atoms with Gasteiger partial charge in [0.15, 0.2) is 11.6 Å². The molecule has 0 spiro atoms. The van der Waals surface area contributed by atoms with Crippen LogP contribution < -0.4 is 5.32 Å². The van der Waals surface area contributed by atoms with Crippen LogP contribution in [0.5, 0.6) is 0 Å². The van der Waals surface area contributed by atoms with Crippen molar-refractivity contribution in [3.05, 3.63) is 35.4 Å². The zero-order valence-electron chi connectivity index (χ0n) is 12.4. The Balaban J connectivity index is 2.17. The maximum Gasteiger partial charge on any atom is 0.328 e. The first-order valence-electron chi connectivity index (χ1n) is 7.37. The molecule has 1 saturated carbocycles. The number of ether oxygens (including phenoxy) is 1. The second-order valence-electron chi connectivity index (χ2n) is 5.47. The minimum Gasteiger partial charge on any atom is -0.467 e. The number of amides is 1. The number of esters is 1. The summed E-state index contributed by atoms with van der Waals surface area (Å²) in [5.74, 6) is -3.72. The van der Waals surface area contributed by atoms with Gasteiger partial charge in [0.2, 0.25) is 0 Å². The standard InChI is InChI=1S/C16H19F2NO3/c1-22-16(21)14(10-6-3-2-4-7-10)19-15(20)11-8-5-9-12(17)13(11)18/h5,8-10,14H,2-4,6-7H2,1H3,(H,19,20)/t14-/m0/s1. The van der Waals surface area contributed by atoms with E-state index in [2.05, 4.69) is 5.32 Å². The number of halogens is 2. The Morgan fingerprint density at radius 1 is 1.23 bits per heavy atom. The fourth-order valence-corrected chi connectivity index (χ4v) is 2.86. The van der Waals surface area contributed by atoms with Gasteiger partial charge in [-0.2, -0.15) is 0 Å². The lowest BCUT2D eigenvalue weighted by Crippen LogP contribution is -2.47. The molecule has 1 aliphatic carbocycles. The van der Waals surface area contributed by atoms with Crippen LogP contribution in [-0.2, 0) is 9.53 Å². The number of hydrogen-bond acceptors (Lipinski definition) is 3. The summed E-state index contributed by atoms with van der Waals surface area (Å²) in [7, 11) is 1.24. The van der Waals surface area contributed by atoms with Gasteiger partial charge in [-0.25, -0.2) is 13.6 Å². The molecule has 0 heterocycles. The lowest BCUT2D eigenvalue weighted by molar-refractivity contribution is -0.144. The molecular formula is C16H19F2NO3. The highest BCUT2D eigenvalue weighted by Crippen LogP contribution is 2.27. The molecule has 0 aromatic heterocycles. The van der Waals surface area contributed by atoms with Crippen molar-refractivity contribution >= 4 is 11.9 Å². The third kappa shape index (κ3) is 3.61. The highest BCUT2D eigenvalue weighted by atomic mass is 19.2. The predicted molar refractivity (Wildman–Crippen MR) is 76.2 cm³/mol. The molecular weight excluding hydrogens is 292 g/mol. The van der Waals surface area contributed by atoms with Crippen LogP contribution in [0.15, 0.2) is 18.2 Å². The Kier molecular flexibility index (Phi) is 5.46. The zero-order chi connectivity index (χ0) is 16.1. The van der Waals surface area contributed by atoms with Gasteiger partial charge in [0, 0.05) is 0 Å². The van der Waals surface area contributed by atoms with E-state index in [0.717, 1.165) is 38.2 Å². The average molecular weight is 311 g/mol. The van der Waals surface area contributed by atoms with Gasteiger partial charge >= 0.3 is 5.97 Å². The quantitative estimate of drug-likeness (QED) is 0.870. The van der Waals surface area contributed by atoms with E-state index in [1.807, 2.05) is 0 Å². The van der Waals surface area contributed by atoms with E-state index in [4.69, 9.17) is 4.74 Å². The van der Waals surface area contributed by atoms with Crippen molar-refractivity contribution in [2.45, 2.75) is 38.1 Å². The molecule has 1 amide bonds. The van der Waals surface area contributed by atoms with E-state index in [0.29, 0.717) is 0 Å². The minimum absolute atomic E-state index is 0.0400. The smallest absolute Gasteiger partial charge is 0.328 e. The molecule has 4 nitrogen and oxygen atoms in total. The van der Waals surface area contributed by atoms with Gasteiger partial charge in [-0.15, -0.1) is 0 Å². The van der Waals surface area contributed by atoms with Crippen molar-refractivity contribution < 1.29 is 23.1 Å². The summed E-state index contributed by atoms with van der Waals surface area (Å²) < 4.78 is 31.6. The molecule has 22 heavy (non-hydrogen) atoms. The maximum atomic E-state index is 13.7. The van der Waals surface area contributed by atoms with E-state index in [1.165, 1.54) is 19.2 Å². The lowest BCUT2D eigenvalue weighted by atomic mass is 9.83. The lowest BCUT2D eigenvalue weighted by Gasteiger charge is -2.29. The first kappa shape index (κ1) is 16.4. The molecule has 0 bridgehead atoms. The number of carbonyl (C=O) groups excluding carboxylic acids is 2. The Bertz CT molecular complexity index is 556. The van der Waals surface area contributed by atoms with Crippen LogP contribution in [0.25, 0.3) is 0 Å². The van der Waals surface area contributed by atoms with Crippen LogP contribution in [0.1, 0.15) is 42.5 Å². The third-order valence-electron chi connectivity index (χ3n) is 4.06. The fourth-order valence-electron chi connectivity index (χ4n) is 2.86. The van der Waals surface area contributed by atoms with Gasteiger partial charge in [-0.05, 0) is 30.9 Å². The summed E-state index contributed by atoms with van der Waals surface area (Å²) in [6.45, 7) is 0. The molecule has 120 valence electrons. The number of nitrogens with one attached hydrogen (secondary N) is 1. The monoisotopic (exact) mass is 311 g/mol. The Labute approximate surface area is 127 Å². The number of rotatable bonds is 4. The highest BCUT2D eigenvalue weighted by molar-refractivity contribution is 5.97. The van der Waals surface area contributed by atoms with Crippen LogP contribution >= 0.6 is 0 Å². The number of hydrogen-bond donors (Lipinski definition) is 1. The third-order valence-corrected chi connectivity index (χ3v) is 4.06. The largest absolute Gasteiger partial charge is 0.467 e. The summed E-state index contributed by atoms with van der Waals surface area (Å²) in [5, 5.41) is 2.50. The molecule has 0 unspecified atom stereocenters. The SMILES string of the molecule is COC(=O)[C@@H](NC(=O)c1cccc(F)c1F)C1CCCCC1. The van der Waals surface area contributed by atoms with E-state index in [9.17, 15) is 18.4 Å². The Morgan fingerprint density at radius 2 is 1.91 bits per heavy atom. The van der Waals surface area contributed by atoms with Crippen molar-refractivity contribution in [2.24, 2.45) is 5.92 Å². The number of methoxy groups -OCH3 is 1. The van der Waals surface area contributed by atoms with E-state index >= 15 is 0 Å². The molecule has 0 radical (unpaired) electrons. The first-order chi connectivity index (χ1) is 10.5. The summed E-state index contributed by atoms with van der Waals surface area (Å²) in [6.07, 6.45) is 4.64. The molecule has 1 aromatic rings. The molecule has 1 atom stereocenters. The van der Waals surface area contributed by atoms with Crippen molar-refractivity contribution in [3.63, 3.8) is 0 Å². The Morgan fingerprint density at radius 3 is 2.55 bits per heavy atom. The predicted octanol–water partition coefficient (Wildman–Crippen LogP) is 2.82. The zero-order valence-corrected chi connectivity index (χ0v) is 12.4. The van der Waals surface area contributed by atoms with Gasteiger partial charge in [-0.1, -0.05) is 25.3 Å². The summed E-state index contributed by atoms with van der Waals surface area (Å²) in [6, 6.07) is 2.54. The molecule has 0 saturated heterocycles. The normalized spacial score (nSPS) is 16.9. The topological polar surface area (TPSA) is 55.4 Å². The molecule has 2 rings (SSSR count). The molecule has 0 aliphatic heterocycles. The van der Waals surface area contributed by atoms with E-state index in [1.54, 1.807) is 0 Å². The second-order valence-corrected chi connectivity index (χ2v) is 5.47. The van der Waals surface area contributed by atoms with E-state index < -0.39 is 35.1 Å². The van der Waals surface area contributed by atoms with Gasteiger partial charge in [0.05, 0.1) is 12.7 Å². The molecule has 1 fully saturated rings. The average Bonchev–Trinajstić information content (AvgIpc) is 2.55. The summed E-state index contributed by atoms with van der Waals surface area (Å²) in [5.41, 5.74) is -0.412. The van der Waals surface area contributed by atoms with Crippen LogP contribution in [0.3, 0.4) is 0 Å². The van der Waals surface area contributed by atoms with Crippen molar-refractivity contribution in [2.75, 3.05) is 7.11 Å². The first-order valence-corrected chi connectivity index (χ1v) is 7.37. The summed E-state index contributed by atoms with van der Waals surface area (Å²) >= 11 is 0. The summed E-state index contributed by atoms with van der Waals surface area (Å²) in [4.78, 5) is 24.1. The van der Waals surface area contributed by atoms with Gasteiger partial charge < -0.3 is 10.1 Å². The van der Waals surface area contributed by atoms with Gasteiger partial charge in [0.1, 0.15) is 6.04 Å². The molecule has 6 heteroatoms. The van der Waals surface area contributed by atoms with Crippen LogP contribution in [-0.4, -0.2) is 25.0 Å². The molecule has 1 aliphatic rings. The fraction of sp³-hybridized carbons (Fsp3) is 0.500. The molecule has 1 aromatic carbocycles.